The molecule has 0 aromatic carbocycles. The van der Waals surface area contributed by atoms with Crippen molar-refractivity contribution in [2.45, 2.75) is 6.18 Å². The van der Waals surface area contributed by atoms with Gasteiger partial charge in [0.2, 0.25) is 0 Å². The Morgan fingerprint density at radius 1 is 1.40 bits per heavy atom. The summed E-state index contributed by atoms with van der Waals surface area (Å²) in [5, 5.41) is 0. The van der Waals surface area contributed by atoms with Gasteiger partial charge < -0.3 is 9.47 Å². The highest BCUT2D eigenvalue weighted by Gasteiger charge is 2.27. The predicted octanol–water partition coefficient (Wildman–Crippen LogP) is 0.670. The number of alkyl halides is 3. The van der Waals surface area contributed by atoms with Gasteiger partial charge in [0, 0.05) is 6.54 Å². The second kappa shape index (κ2) is 6.62. The number of methoxy groups -OCH3 is 1. The van der Waals surface area contributed by atoms with Crippen LogP contribution in [-0.4, -0.2) is 57.5 Å². The van der Waals surface area contributed by atoms with E-state index in [-0.39, 0.29) is 19.7 Å². The van der Waals surface area contributed by atoms with E-state index in [1.54, 1.807) is 7.05 Å². The lowest BCUT2D eigenvalue weighted by molar-refractivity contribution is -0.174. The third-order valence-corrected chi connectivity index (χ3v) is 1.51. The molecule has 0 saturated carbocycles. The first-order valence-electron chi connectivity index (χ1n) is 4.25. The maximum Gasteiger partial charge on any atom is 0.411 e. The predicted molar refractivity (Wildman–Crippen MR) is 46.4 cm³/mol. The number of esters is 1. The fourth-order valence-electron chi connectivity index (χ4n) is 0.772. The second-order valence-corrected chi connectivity index (χ2v) is 2.98. The van der Waals surface area contributed by atoms with Crippen molar-refractivity contribution < 1.29 is 27.4 Å². The molecule has 15 heavy (non-hydrogen) atoms. The Balaban J connectivity index is 3.47. The molecule has 0 spiro atoms. The molecule has 0 aliphatic rings. The molecule has 0 aromatic rings. The third kappa shape index (κ3) is 9.48. The largest absolute Gasteiger partial charge is 0.468 e. The van der Waals surface area contributed by atoms with Crippen molar-refractivity contribution in [3.63, 3.8) is 0 Å². The Morgan fingerprint density at radius 3 is 2.47 bits per heavy atom. The van der Waals surface area contributed by atoms with Crippen LogP contribution in [0.15, 0.2) is 0 Å². The molecule has 0 aliphatic heterocycles. The van der Waals surface area contributed by atoms with E-state index in [0.29, 0.717) is 0 Å². The standard InChI is InChI=1S/C8H14F3NO3/c1-12(5-7(13)14-2)3-4-15-6-8(9,10)11/h3-6H2,1-2H3. The summed E-state index contributed by atoms with van der Waals surface area (Å²) in [6.45, 7) is -1.07. The van der Waals surface area contributed by atoms with Crippen molar-refractivity contribution in [2.75, 3.05) is 40.5 Å². The normalized spacial score (nSPS) is 11.9. The Labute approximate surface area is 85.9 Å². The molecule has 0 bridgehead atoms. The molecule has 0 saturated heterocycles. The van der Waals surface area contributed by atoms with Crippen LogP contribution in [0.5, 0.6) is 0 Å². The van der Waals surface area contributed by atoms with Crippen LogP contribution < -0.4 is 0 Å². The van der Waals surface area contributed by atoms with Crippen molar-refractivity contribution in [1.82, 2.24) is 4.90 Å². The lowest BCUT2D eigenvalue weighted by Crippen LogP contribution is -2.30. The molecule has 0 rings (SSSR count). The SMILES string of the molecule is COC(=O)CN(C)CCOCC(F)(F)F. The molecule has 0 aliphatic carbocycles. The average molecular weight is 229 g/mol. The quantitative estimate of drug-likeness (QED) is 0.495. The van der Waals surface area contributed by atoms with Crippen LogP contribution in [0.1, 0.15) is 0 Å². The molecule has 7 heteroatoms. The van der Waals surface area contributed by atoms with E-state index in [2.05, 4.69) is 9.47 Å². The molecule has 0 atom stereocenters. The van der Waals surface area contributed by atoms with E-state index in [1.165, 1.54) is 12.0 Å². The molecule has 0 radical (unpaired) electrons. The minimum absolute atomic E-state index is 0.0336. The van der Waals surface area contributed by atoms with Crippen molar-refractivity contribution in [1.29, 1.82) is 0 Å². The number of carbonyl (C=O) groups is 1. The summed E-state index contributed by atoms with van der Waals surface area (Å²) in [5.74, 6) is -0.437. The lowest BCUT2D eigenvalue weighted by Gasteiger charge is -2.15. The number of hydrogen-bond donors (Lipinski definition) is 0. The molecule has 0 N–H and O–H groups in total. The van der Waals surface area contributed by atoms with Gasteiger partial charge in [-0.15, -0.1) is 0 Å². The maximum absolute atomic E-state index is 11.6. The Morgan fingerprint density at radius 2 is 2.00 bits per heavy atom. The van der Waals surface area contributed by atoms with Crippen molar-refractivity contribution in [3.05, 3.63) is 0 Å². The highest BCUT2D eigenvalue weighted by atomic mass is 19.4. The number of carbonyl (C=O) groups excluding carboxylic acids is 1. The zero-order valence-corrected chi connectivity index (χ0v) is 8.63. The smallest absolute Gasteiger partial charge is 0.411 e. The van der Waals surface area contributed by atoms with Gasteiger partial charge in [0.1, 0.15) is 6.61 Å². The summed E-state index contributed by atoms with van der Waals surface area (Å²) in [6, 6.07) is 0. The Hall–Kier alpha value is -0.820. The van der Waals surface area contributed by atoms with E-state index < -0.39 is 18.8 Å². The highest BCUT2D eigenvalue weighted by molar-refractivity contribution is 5.71. The fraction of sp³-hybridized carbons (Fsp3) is 0.875. The summed E-state index contributed by atoms with van der Waals surface area (Å²) in [4.78, 5) is 12.2. The van der Waals surface area contributed by atoms with E-state index in [4.69, 9.17) is 0 Å². The Bertz CT molecular complexity index is 196. The van der Waals surface area contributed by atoms with Gasteiger partial charge in [0.05, 0.1) is 20.3 Å². The number of likely N-dealkylation sites (N-methyl/N-ethyl adjacent to an activating group) is 1. The molecular weight excluding hydrogens is 215 g/mol. The van der Waals surface area contributed by atoms with Gasteiger partial charge >= 0.3 is 12.1 Å². The van der Waals surface area contributed by atoms with Gasteiger partial charge in [-0.05, 0) is 7.05 Å². The minimum atomic E-state index is -4.30. The summed E-state index contributed by atoms with van der Waals surface area (Å²) >= 11 is 0. The first-order valence-corrected chi connectivity index (χ1v) is 4.25. The van der Waals surface area contributed by atoms with Gasteiger partial charge in [0.15, 0.2) is 0 Å². The molecular formula is C8H14F3NO3. The van der Waals surface area contributed by atoms with E-state index >= 15 is 0 Å². The summed E-state index contributed by atoms with van der Waals surface area (Å²) < 4.78 is 43.6. The van der Waals surface area contributed by atoms with Crippen molar-refractivity contribution in [2.24, 2.45) is 0 Å². The topological polar surface area (TPSA) is 38.8 Å². The molecule has 0 unspecified atom stereocenters. The van der Waals surface area contributed by atoms with Crippen molar-refractivity contribution in [3.8, 4) is 0 Å². The van der Waals surface area contributed by atoms with Crippen LogP contribution in [0.3, 0.4) is 0 Å². The summed E-state index contributed by atoms with van der Waals surface area (Å²) in [7, 11) is 2.84. The lowest BCUT2D eigenvalue weighted by atomic mass is 10.5. The number of nitrogens with zero attached hydrogens (tertiary/aromatic N) is 1. The minimum Gasteiger partial charge on any atom is -0.468 e. The maximum atomic E-state index is 11.6. The van der Waals surface area contributed by atoms with Crippen LogP contribution >= 0.6 is 0 Å². The van der Waals surface area contributed by atoms with Gasteiger partial charge in [-0.25, -0.2) is 0 Å². The molecule has 0 amide bonds. The molecule has 0 heterocycles. The molecule has 90 valence electrons. The number of halogens is 3. The van der Waals surface area contributed by atoms with E-state index in [9.17, 15) is 18.0 Å². The number of ether oxygens (including phenoxy) is 2. The highest BCUT2D eigenvalue weighted by Crippen LogP contribution is 2.14. The Kier molecular flexibility index (Phi) is 6.26. The second-order valence-electron chi connectivity index (χ2n) is 2.98. The van der Waals surface area contributed by atoms with Gasteiger partial charge in [-0.3, -0.25) is 9.69 Å². The van der Waals surface area contributed by atoms with E-state index in [1.807, 2.05) is 0 Å². The molecule has 0 aromatic heterocycles. The zero-order chi connectivity index (χ0) is 11.9. The fourth-order valence-corrected chi connectivity index (χ4v) is 0.772. The average Bonchev–Trinajstić information content (AvgIpc) is 2.11. The number of rotatable bonds is 6. The number of hydrogen-bond acceptors (Lipinski definition) is 4. The first-order chi connectivity index (χ1) is 6.85. The molecule has 0 fully saturated rings. The van der Waals surface area contributed by atoms with Gasteiger partial charge in [-0.1, -0.05) is 0 Å². The zero-order valence-electron chi connectivity index (χ0n) is 8.63. The molecule has 4 nitrogen and oxygen atoms in total. The van der Waals surface area contributed by atoms with E-state index in [0.717, 1.165) is 0 Å². The van der Waals surface area contributed by atoms with Gasteiger partial charge in [-0.2, -0.15) is 13.2 Å². The monoisotopic (exact) mass is 229 g/mol. The van der Waals surface area contributed by atoms with Crippen molar-refractivity contribution >= 4 is 5.97 Å². The van der Waals surface area contributed by atoms with Crippen LogP contribution in [0.2, 0.25) is 0 Å². The van der Waals surface area contributed by atoms with Gasteiger partial charge in [0.25, 0.3) is 0 Å². The van der Waals surface area contributed by atoms with Crippen LogP contribution in [-0.2, 0) is 14.3 Å². The third-order valence-electron chi connectivity index (χ3n) is 1.51. The first kappa shape index (κ1) is 14.2. The van der Waals surface area contributed by atoms with Crippen LogP contribution in [0.4, 0.5) is 13.2 Å². The summed E-state index contributed by atoms with van der Waals surface area (Å²) in [5.41, 5.74) is 0. The van der Waals surface area contributed by atoms with Crippen LogP contribution in [0.25, 0.3) is 0 Å². The summed E-state index contributed by atoms with van der Waals surface area (Å²) in [6.07, 6.45) is -4.30. The van der Waals surface area contributed by atoms with Crippen LogP contribution in [0, 0.1) is 0 Å².